The lowest BCUT2D eigenvalue weighted by Gasteiger charge is -2.32. The molecule has 0 bridgehead atoms. The fourth-order valence-electron chi connectivity index (χ4n) is 2.88. The van der Waals surface area contributed by atoms with Gasteiger partial charge in [-0.2, -0.15) is 0 Å². The van der Waals surface area contributed by atoms with E-state index in [2.05, 4.69) is 43.2 Å². The highest BCUT2D eigenvalue weighted by atomic mass is 16.2. The summed E-state index contributed by atoms with van der Waals surface area (Å²) in [7, 11) is 0. The Morgan fingerprint density at radius 1 is 1.40 bits per heavy atom. The molecule has 4 heteroatoms. The van der Waals surface area contributed by atoms with E-state index in [-0.39, 0.29) is 11.9 Å². The lowest BCUT2D eigenvalue weighted by atomic mass is 9.98. The highest BCUT2D eigenvalue weighted by Gasteiger charge is 2.21. The normalized spacial score (nSPS) is 21.2. The Labute approximate surface area is 124 Å². The average molecular weight is 283 g/mol. The second kappa shape index (κ2) is 9.35. The summed E-state index contributed by atoms with van der Waals surface area (Å²) < 4.78 is 0. The second-order valence-corrected chi connectivity index (χ2v) is 6.49. The Morgan fingerprint density at radius 2 is 2.15 bits per heavy atom. The highest BCUT2D eigenvalue weighted by Crippen LogP contribution is 2.13. The summed E-state index contributed by atoms with van der Waals surface area (Å²) in [5, 5.41) is 6.56. The Kier molecular flexibility index (Phi) is 8.15. The first-order valence-electron chi connectivity index (χ1n) is 8.27. The first kappa shape index (κ1) is 17.4. The van der Waals surface area contributed by atoms with Gasteiger partial charge in [0.15, 0.2) is 0 Å². The van der Waals surface area contributed by atoms with Gasteiger partial charge >= 0.3 is 0 Å². The van der Waals surface area contributed by atoms with Gasteiger partial charge < -0.3 is 10.6 Å². The Balaban J connectivity index is 2.39. The maximum Gasteiger partial charge on any atom is 0.234 e. The van der Waals surface area contributed by atoms with Crippen molar-refractivity contribution < 1.29 is 4.79 Å². The molecule has 0 aliphatic carbocycles. The van der Waals surface area contributed by atoms with Crippen LogP contribution in [0.25, 0.3) is 0 Å². The van der Waals surface area contributed by atoms with E-state index in [1.165, 1.54) is 12.8 Å². The van der Waals surface area contributed by atoms with Crippen molar-refractivity contribution in [2.45, 2.75) is 65.5 Å². The number of carbonyl (C=O) groups excluding carboxylic acids is 1. The summed E-state index contributed by atoms with van der Waals surface area (Å²) in [6.45, 7) is 12.4. The molecule has 2 unspecified atom stereocenters. The van der Waals surface area contributed by atoms with Crippen LogP contribution in [0.5, 0.6) is 0 Å². The molecule has 2 atom stereocenters. The van der Waals surface area contributed by atoms with Crippen LogP contribution in [0.1, 0.15) is 53.4 Å². The van der Waals surface area contributed by atoms with Gasteiger partial charge in [-0.1, -0.05) is 13.3 Å². The first-order chi connectivity index (χ1) is 9.52. The third-order valence-electron chi connectivity index (χ3n) is 4.10. The summed E-state index contributed by atoms with van der Waals surface area (Å²) in [5.41, 5.74) is 0. The van der Waals surface area contributed by atoms with E-state index in [1.807, 2.05) is 0 Å². The van der Waals surface area contributed by atoms with Crippen LogP contribution in [0.3, 0.4) is 0 Å². The molecule has 0 aromatic carbocycles. The van der Waals surface area contributed by atoms with Crippen molar-refractivity contribution in [1.29, 1.82) is 0 Å². The SMILES string of the molecule is CCCC(C)NC(=O)CN(CC1CCCNC1)C(C)C. The molecule has 0 saturated carbocycles. The van der Waals surface area contributed by atoms with Gasteiger partial charge in [0.05, 0.1) is 6.54 Å². The van der Waals surface area contributed by atoms with Crippen LogP contribution in [-0.2, 0) is 4.79 Å². The smallest absolute Gasteiger partial charge is 0.234 e. The third kappa shape index (κ3) is 6.71. The molecule has 0 aromatic heterocycles. The Bertz CT molecular complexity index is 275. The van der Waals surface area contributed by atoms with Crippen LogP contribution >= 0.6 is 0 Å². The minimum Gasteiger partial charge on any atom is -0.353 e. The summed E-state index contributed by atoms with van der Waals surface area (Å²) in [5.74, 6) is 0.857. The van der Waals surface area contributed by atoms with Crippen LogP contribution in [0.4, 0.5) is 0 Å². The minimum absolute atomic E-state index is 0.170. The molecule has 1 amide bonds. The molecule has 1 aliphatic rings. The molecule has 1 fully saturated rings. The van der Waals surface area contributed by atoms with E-state index < -0.39 is 0 Å². The summed E-state index contributed by atoms with van der Waals surface area (Å²) >= 11 is 0. The molecule has 0 aromatic rings. The van der Waals surface area contributed by atoms with Gasteiger partial charge in [0.25, 0.3) is 0 Å². The van der Waals surface area contributed by atoms with Crippen molar-refractivity contribution >= 4 is 5.91 Å². The molecular formula is C16H33N3O. The lowest BCUT2D eigenvalue weighted by molar-refractivity contribution is -0.123. The van der Waals surface area contributed by atoms with Gasteiger partial charge in [0.2, 0.25) is 5.91 Å². The molecule has 4 nitrogen and oxygen atoms in total. The van der Waals surface area contributed by atoms with Crippen molar-refractivity contribution in [2.75, 3.05) is 26.2 Å². The number of amides is 1. The summed E-state index contributed by atoms with van der Waals surface area (Å²) in [4.78, 5) is 14.4. The number of nitrogens with one attached hydrogen (secondary N) is 2. The van der Waals surface area contributed by atoms with Gasteiger partial charge in [-0.3, -0.25) is 9.69 Å². The lowest BCUT2D eigenvalue weighted by Crippen LogP contribution is -2.47. The fraction of sp³-hybridized carbons (Fsp3) is 0.938. The number of carbonyl (C=O) groups is 1. The van der Waals surface area contributed by atoms with E-state index in [9.17, 15) is 4.79 Å². The van der Waals surface area contributed by atoms with Gasteiger partial charge in [0.1, 0.15) is 0 Å². The van der Waals surface area contributed by atoms with Crippen LogP contribution in [0.2, 0.25) is 0 Å². The number of hydrogen-bond acceptors (Lipinski definition) is 3. The number of nitrogens with zero attached hydrogens (tertiary/aromatic N) is 1. The van der Waals surface area contributed by atoms with E-state index in [4.69, 9.17) is 0 Å². The van der Waals surface area contributed by atoms with Gasteiger partial charge in [0, 0.05) is 18.6 Å². The largest absolute Gasteiger partial charge is 0.353 e. The topological polar surface area (TPSA) is 44.4 Å². The second-order valence-electron chi connectivity index (χ2n) is 6.49. The van der Waals surface area contributed by atoms with Crippen LogP contribution in [0.15, 0.2) is 0 Å². The zero-order chi connectivity index (χ0) is 15.0. The van der Waals surface area contributed by atoms with Crippen molar-refractivity contribution in [1.82, 2.24) is 15.5 Å². The van der Waals surface area contributed by atoms with Gasteiger partial charge in [-0.05, 0) is 59.0 Å². The zero-order valence-corrected chi connectivity index (χ0v) is 13.7. The highest BCUT2D eigenvalue weighted by molar-refractivity contribution is 5.78. The first-order valence-corrected chi connectivity index (χ1v) is 8.27. The molecule has 0 spiro atoms. The van der Waals surface area contributed by atoms with Crippen molar-refractivity contribution in [3.63, 3.8) is 0 Å². The predicted octanol–water partition coefficient (Wildman–Crippen LogP) is 2.00. The maximum absolute atomic E-state index is 12.1. The average Bonchev–Trinajstić information content (AvgIpc) is 2.39. The molecule has 1 heterocycles. The molecule has 1 saturated heterocycles. The van der Waals surface area contributed by atoms with Gasteiger partial charge in [-0.15, -0.1) is 0 Å². The molecule has 2 N–H and O–H groups in total. The summed E-state index contributed by atoms with van der Waals surface area (Å²) in [6.07, 6.45) is 4.71. The monoisotopic (exact) mass is 283 g/mol. The maximum atomic E-state index is 12.1. The van der Waals surface area contributed by atoms with Crippen molar-refractivity contribution in [3.05, 3.63) is 0 Å². The van der Waals surface area contributed by atoms with Crippen molar-refractivity contribution in [3.8, 4) is 0 Å². The van der Waals surface area contributed by atoms with Crippen LogP contribution in [0, 0.1) is 5.92 Å². The van der Waals surface area contributed by atoms with E-state index in [0.29, 0.717) is 18.5 Å². The van der Waals surface area contributed by atoms with E-state index in [0.717, 1.165) is 32.5 Å². The molecule has 1 rings (SSSR count). The van der Waals surface area contributed by atoms with E-state index >= 15 is 0 Å². The van der Waals surface area contributed by atoms with Crippen LogP contribution in [-0.4, -0.2) is 49.1 Å². The molecule has 1 aliphatic heterocycles. The Hall–Kier alpha value is -0.610. The number of hydrogen-bond donors (Lipinski definition) is 2. The third-order valence-corrected chi connectivity index (χ3v) is 4.10. The summed E-state index contributed by atoms with van der Waals surface area (Å²) in [6, 6.07) is 0.710. The standard InChI is InChI=1S/C16H33N3O/c1-5-7-14(4)18-16(20)12-19(13(2)3)11-15-8-6-9-17-10-15/h13-15,17H,5-12H2,1-4H3,(H,18,20). The number of piperidine rings is 1. The van der Waals surface area contributed by atoms with Crippen molar-refractivity contribution in [2.24, 2.45) is 5.92 Å². The Morgan fingerprint density at radius 3 is 2.70 bits per heavy atom. The molecule has 118 valence electrons. The van der Waals surface area contributed by atoms with Crippen LogP contribution < -0.4 is 10.6 Å². The molecule has 20 heavy (non-hydrogen) atoms. The predicted molar refractivity (Wildman–Crippen MR) is 84.8 cm³/mol. The number of rotatable bonds is 8. The fourth-order valence-corrected chi connectivity index (χ4v) is 2.88. The molecular weight excluding hydrogens is 250 g/mol. The minimum atomic E-state index is 0.170. The van der Waals surface area contributed by atoms with E-state index in [1.54, 1.807) is 0 Å². The molecule has 0 radical (unpaired) electrons. The quantitative estimate of drug-likeness (QED) is 0.716. The van der Waals surface area contributed by atoms with Gasteiger partial charge in [-0.25, -0.2) is 0 Å². The zero-order valence-electron chi connectivity index (χ0n) is 13.7.